The molecular weight excluding hydrogens is 284 g/mol. The highest BCUT2D eigenvalue weighted by molar-refractivity contribution is 5.85. The Kier molecular flexibility index (Phi) is 4.33. The topological polar surface area (TPSA) is 30.2 Å². The van der Waals surface area contributed by atoms with Crippen molar-refractivity contribution < 1.29 is 4.42 Å². The normalized spacial score (nSPS) is 11.1. The molecule has 0 aliphatic carbocycles. The Hall–Kier alpha value is -2.35. The van der Waals surface area contributed by atoms with Crippen molar-refractivity contribution in [2.75, 3.05) is 0 Å². The highest BCUT2D eigenvalue weighted by Gasteiger charge is 2.11. The molecule has 0 aliphatic rings. The summed E-state index contributed by atoms with van der Waals surface area (Å²) in [6.45, 7) is 6.37. The van der Waals surface area contributed by atoms with E-state index < -0.39 is 0 Å². The Morgan fingerprint density at radius 3 is 2.13 bits per heavy atom. The number of hydrogen-bond donors (Lipinski definition) is 0. The summed E-state index contributed by atoms with van der Waals surface area (Å²) in [5.74, 6) is 0. The number of benzene rings is 2. The highest BCUT2D eigenvalue weighted by atomic mass is 16.4. The van der Waals surface area contributed by atoms with Gasteiger partial charge in [0, 0.05) is 5.39 Å². The molecule has 0 N–H and O–H groups in total. The van der Waals surface area contributed by atoms with Gasteiger partial charge >= 0.3 is 5.63 Å². The molecule has 0 unspecified atom stereocenters. The Morgan fingerprint density at radius 2 is 1.52 bits per heavy atom. The maximum Gasteiger partial charge on any atom is 0.344 e. The van der Waals surface area contributed by atoms with Crippen LogP contribution in [0.1, 0.15) is 37.5 Å². The SMILES string of the molecule is CCc1ccc(-c2cc3c(CC)cc(CC)cc3oc2=O)cc1. The van der Waals surface area contributed by atoms with Gasteiger partial charge in [-0.05, 0) is 53.6 Å². The molecule has 0 atom stereocenters. The van der Waals surface area contributed by atoms with E-state index >= 15 is 0 Å². The molecule has 3 aromatic rings. The summed E-state index contributed by atoms with van der Waals surface area (Å²) in [4.78, 5) is 12.4. The van der Waals surface area contributed by atoms with E-state index in [-0.39, 0.29) is 5.63 Å². The van der Waals surface area contributed by atoms with Gasteiger partial charge in [-0.2, -0.15) is 0 Å². The summed E-state index contributed by atoms with van der Waals surface area (Å²) in [5, 5.41) is 1.04. The van der Waals surface area contributed by atoms with Crippen molar-refractivity contribution >= 4 is 11.0 Å². The third-order valence-corrected chi connectivity index (χ3v) is 4.46. The largest absolute Gasteiger partial charge is 0.422 e. The molecule has 0 fully saturated rings. The van der Waals surface area contributed by atoms with E-state index in [2.05, 4.69) is 39.0 Å². The third kappa shape index (κ3) is 2.94. The van der Waals surface area contributed by atoms with Crippen LogP contribution in [0.3, 0.4) is 0 Å². The molecule has 2 aromatic carbocycles. The van der Waals surface area contributed by atoms with Crippen LogP contribution in [0.4, 0.5) is 0 Å². The van der Waals surface area contributed by atoms with Crippen molar-refractivity contribution in [1.82, 2.24) is 0 Å². The molecule has 1 aromatic heterocycles. The molecule has 0 aliphatic heterocycles. The quantitative estimate of drug-likeness (QED) is 0.624. The van der Waals surface area contributed by atoms with Gasteiger partial charge in [-0.1, -0.05) is 51.1 Å². The Balaban J connectivity index is 2.21. The Morgan fingerprint density at radius 1 is 0.826 bits per heavy atom. The molecule has 1 heterocycles. The van der Waals surface area contributed by atoms with E-state index in [1.54, 1.807) is 0 Å². The maximum absolute atomic E-state index is 12.4. The van der Waals surface area contributed by atoms with Crippen molar-refractivity contribution in [3.8, 4) is 11.1 Å². The molecule has 0 spiro atoms. The van der Waals surface area contributed by atoms with Crippen LogP contribution in [0.5, 0.6) is 0 Å². The van der Waals surface area contributed by atoms with E-state index in [4.69, 9.17) is 4.42 Å². The molecule has 3 rings (SSSR count). The first-order valence-corrected chi connectivity index (χ1v) is 8.35. The molecule has 2 nitrogen and oxygen atoms in total. The predicted molar refractivity (Wildman–Crippen MR) is 96.1 cm³/mol. The van der Waals surface area contributed by atoms with Gasteiger partial charge in [0.15, 0.2) is 0 Å². The van der Waals surface area contributed by atoms with Gasteiger partial charge in [-0.25, -0.2) is 4.79 Å². The van der Waals surface area contributed by atoms with Crippen molar-refractivity contribution in [2.45, 2.75) is 40.0 Å². The molecule has 0 saturated carbocycles. The maximum atomic E-state index is 12.4. The van der Waals surface area contributed by atoms with E-state index in [9.17, 15) is 4.79 Å². The molecule has 0 saturated heterocycles. The van der Waals surface area contributed by atoms with E-state index in [1.165, 1.54) is 16.7 Å². The summed E-state index contributed by atoms with van der Waals surface area (Å²) in [6.07, 6.45) is 2.85. The van der Waals surface area contributed by atoms with Crippen LogP contribution in [-0.2, 0) is 19.3 Å². The number of rotatable bonds is 4. The van der Waals surface area contributed by atoms with Crippen LogP contribution < -0.4 is 5.63 Å². The van der Waals surface area contributed by atoms with E-state index in [1.807, 2.05) is 24.3 Å². The lowest BCUT2D eigenvalue weighted by Crippen LogP contribution is -2.04. The van der Waals surface area contributed by atoms with Gasteiger partial charge in [0.05, 0.1) is 5.56 Å². The van der Waals surface area contributed by atoms with Crippen molar-refractivity contribution in [1.29, 1.82) is 0 Å². The van der Waals surface area contributed by atoms with Crippen LogP contribution in [0.25, 0.3) is 22.1 Å². The molecule has 0 bridgehead atoms. The van der Waals surface area contributed by atoms with Gasteiger partial charge in [0.25, 0.3) is 0 Å². The van der Waals surface area contributed by atoms with Gasteiger partial charge in [0.1, 0.15) is 5.58 Å². The average Bonchev–Trinajstić information content (AvgIpc) is 2.60. The fourth-order valence-corrected chi connectivity index (χ4v) is 2.97. The second-order valence-electron chi connectivity index (χ2n) is 5.87. The summed E-state index contributed by atoms with van der Waals surface area (Å²) < 4.78 is 5.63. The smallest absolute Gasteiger partial charge is 0.344 e. The van der Waals surface area contributed by atoms with Crippen LogP contribution in [0.15, 0.2) is 51.7 Å². The minimum absolute atomic E-state index is 0.267. The standard InChI is InChI=1S/C21H22O2/c1-4-14-7-9-17(10-8-14)19-13-18-16(6-3)11-15(5-2)12-20(18)23-21(19)22/h7-13H,4-6H2,1-3H3. The fourth-order valence-electron chi connectivity index (χ4n) is 2.97. The zero-order valence-corrected chi connectivity index (χ0v) is 14.0. The first-order valence-electron chi connectivity index (χ1n) is 8.35. The van der Waals surface area contributed by atoms with E-state index in [0.29, 0.717) is 11.1 Å². The minimum atomic E-state index is -0.267. The lowest BCUT2D eigenvalue weighted by atomic mass is 9.98. The van der Waals surface area contributed by atoms with Gasteiger partial charge < -0.3 is 4.42 Å². The Labute approximate surface area is 136 Å². The average molecular weight is 306 g/mol. The summed E-state index contributed by atoms with van der Waals surface area (Å²) in [6, 6.07) is 14.3. The summed E-state index contributed by atoms with van der Waals surface area (Å²) in [7, 11) is 0. The number of aryl methyl sites for hydroxylation is 3. The van der Waals surface area contributed by atoms with Crippen molar-refractivity contribution in [3.63, 3.8) is 0 Å². The summed E-state index contributed by atoms with van der Waals surface area (Å²) >= 11 is 0. The fraction of sp³-hybridized carbons (Fsp3) is 0.286. The highest BCUT2D eigenvalue weighted by Crippen LogP contribution is 2.26. The van der Waals surface area contributed by atoms with Crippen LogP contribution >= 0.6 is 0 Å². The number of fused-ring (bicyclic) bond motifs is 1. The monoisotopic (exact) mass is 306 g/mol. The molecule has 23 heavy (non-hydrogen) atoms. The molecule has 0 radical (unpaired) electrons. The Bertz CT molecular complexity index is 886. The van der Waals surface area contributed by atoms with Crippen LogP contribution in [0, 0.1) is 0 Å². The molecular formula is C21H22O2. The second-order valence-corrected chi connectivity index (χ2v) is 5.87. The van der Waals surface area contributed by atoms with Gasteiger partial charge in [-0.15, -0.1) is 0 Å². The predicted octanol–water partition coefficient (Wildman–Crippen LogP) is 5.15. The van der Waals surface area contributed by atoms with Crippen LogP contribution in [-0.4, -0.2) is 0 Å². The third-order valence-electron chi connectivity index (χ3n) is 4.46. The van der Waals surface area contributed by atoms with Gasteiger partial charge in [-0.3, -0.25) is 0 Å². The zero-order chi connectivity index (χ0) is 16.4. The minimum Gasteiger partial charge on any atom is -0.422 e. The molecule has 0 amide bonds. The van der Waals surface area contributed by atoms with Gasteiger partial charge in [0.2, 0.25) is 0 Å². The lowest BCUT2D eigenvalue weighted by Gasteiger charge is -2.09. The van der Waals surface area contributed by atoms with E-state index in [0.717, 1.165) is 30.2 Å². The van der Waals surface area contributed by atoms with Crippen molar-refractivity contribution in [3.05, 3.63) is 69.6 Å². The lowest BCUT2D eigenvalue weighted by molar-refractivity contribution is 0.562. The van der Waals surface area contributed by atoms with Crippen molar-refractivity contribution in [2.24, 2.45) is 0 Å². The first kappa shape index (κ1) is 15.5. The molecule has 2 heteroatoms. The zero-order valence-electron chi connectivity index (χ0n) is 14.0. The summed E-state index contributed by atoms with van der Waals surface area (Å²) in [5.41, 5.74) is 5.68. The molecule has 118 valence electrons. The first-order chi connectivity index (χ1) is 11.2. The second kappa shape index (κ2) is 6.41. The number of hydrogen-bond acceptors (Lipinski definition) is 2. The van der Waals surface area contributed by atoms with Crippen LogP contribution in [0.2, 0.25) is 0 Å².